The van der Waals surface area contributed by atoms with E-state index in [2.05, 4.69) is 25.7 Å². The summed E-state index contributed by atoms with van der Waals surface area (Å²) in [5.41, 5.74) is 0.252. The topological polar surface area (TPSA) is 170 Å². The van der Waals surface area contributed by atoms with Gasteiger partial charge in [-0.15, -0.1) is 0 Å². The Kier molecular flexibility index (Phi) is 10.7. The SMILES string of the molecule is Cc1ccnc(NCCCC(=O)NCC(=O)NC(CC(=O)OC(=O)C(F)(F)F)c2ccccc2[N+](=O)[O-])c1. The van der Waals surface area contributed by atoms with Crippen LogP contribution in [0.3, 0.4) is 0 Å². The van der Waals surface area contributed by atoms with Crippen molar-refractivity contribution in [3.63, 3.8) is 0 Å². The molecule has 204 valence electrons. The van der Waals surface area contributed by atoms with E-state index in [1.54, 1.807) is 6.20 Å². The summed E-state index contributed by atoms with van der Waals surface area (Å²) >= 11 is 0. The van der Waals surface area contributed by atoms with Crippen molar-refractivity contribution in [2.24, 2.45) is 0 Å². The summed E-state index contributed by atoms with van der Waals surface area (Å²) in [6.45, 7) is 1.74. The van der Waals surface area contributed by atoms with Crippen LogP contribution in [0.25, 0.3) is 0 Å². The van der Waals surface area contributed by atoms with Gasteiger partial charge in [-0.2, -0.15) is 13.2 Å². The fraction of sp³-hybridized carbons (Fsp3) is 0.348. The molecule has 1 aromatic carbocycles. The number of pyridine rings is 1. The maximum absolute atomic E-state index is 12.4. The Morgan fingerprint density at radius 2 is 1.84 bits per heavy atom. The summed E-state index contributed by atoms with van der Waals surface area (Å²) < 4.78 is 41.0. The number of halogens is 3. The number of esters is 2. The summed E-state index contributed by atoms with van der Waals surface area (Å²) in [5.74, 6) is -5.18. The van der Waals surface area contributed by atoms with Crippen molar-refractivity contribution in [2.75, 3.05) is 18.4 Å². The third-order valence-corrected chi connectivity index (χ3v) is 4.90. The average Bonchev–Trinajstić information content (AvgIpc) is 2.84. The molecule has 2 amide bonds. The number of para-hydroxylation sites is 1. The molecule has 0 fully saturated rings. The highest BCUT2D eigenvalue weighted by Gasteiger charge is 2.42. The number of nitrogens with one attached hydrogen (secondary N) is 3. The van der Waals surface area contributed by atoms with E-state index in [4.69, 9.17) is 0 Å². The molecule has 3 N–H and O–H groups in total. The Labute approximate surface area is 214 Å². The van der Waals surface area contributed by atoms with E-state index in [0.29, 0.717) is 18.8 Å². The van der Waals surface area contributed by atoms with Crippen molar-refractivity contribution in [3.05, 3.63) is 63.8 Å². The van der Waals surface area contributed by atoms with Gasteiger partial charge >= 0.3 is 18.1 Å². The van der Waals surface area contributed by atoms with Crippen LogP contribution in [0.4, 0.5) is 24.7 Å². The molecule has 0 radical (unpaired) electrons. The molecule has 0 saturated carbocycles. The minimum absolute atomic E-state index is 0.0472. The van der Waals surface area contributed by atoms with E-state index in [1.807, 2.05) is 19.1 Å². The monoisotopic (exact) mass is 539 g/mol. The quantitative estimate of drug-likeness (QED) is 0.121. The minimum Gasteiger partial charge on any atom is -0.386 e. The second-order valence-corrected chi connectivity index (χ2v) is 7.92. The molecular formula is C23H24F3N5O7. The van der Waals surface area contributed by atoms with Crippen LogP contribution in [0.2, 0.25) is 0 Å². The Morgan fingerprint density at radius 1 is 1.13 bits per heavy atom. The summed E-state index contributed by atoms with van der Waals surface area (Å²) in [4.78, 5) is 62.0. The highest BCUT2D eigenvalue weighted by atomic mass is 19.4. The first kappa shape index (κ1) is 29.7. The van der Waals surface area contributed by atoms with Crippen molar-refractivity contribution in [2.45, 2.75) is 38.4 Å². The van der Waals surface area contributed by atoms with Gasteiger partial charge in [0.05, 0.1) is 29.5 Å². The molecule has 0 saturated heterocycles. The van der Waals surface area contributed by atoms with Crippen molar-refractivity contribution in [3.8, 4) is 0 Å². The normalized spacial score (nSPS) is 11.7. The van der Waals surface area contributed by atoms with E-state index < -0.39 is 59.5 Å². The molecule has 2 rings (SSSR count). The van der Waals surface area contributed by atoms with E-state index in [1.165, 1.54) is 18.2 Å². The number of carbonyl (C=O) groups is 4. The van der Waals surface area contributed by atoms with Gasteiger partial charge in [0.25, 0.3) is 5.69 Å². The van der Waals surface area contributed by atoms with Gasteiger partial charge in [-0.05, 0) is 31.0 Å². The van der Waals surface area contributed by atoms with Crippen molar-refractivity contribution >= 4 is 35.3 Å². The van der Waals surface area contributed by atoms with Crippen LogP contribution in [0.5, 0.6) is 0 Å². The molecule has 0 bridgehead atoms. The third kappa shape index (κ3) is 9.83. The zero-order chi connectivity index (χ0) is 28.3. The lowest BCUT2D eigenvalue weighted by atomic mass is 10.0. The number of nitro benzene ring substituents is 1. The fourth-order valence-electron chi connectivity index (χ4n) is 3.17. The number of alkyl halides is 3. The molecule has 0 aliphatic rings. The minimum atomic E-state index is -5.44. The first-order valence-electron chi connectivity index (χ1n) is 11.1. The van der Waals surface area contributed by atoms with E-state index in [-0.39, 0.29) is 12.0 Å². The van der Waals surface area contributed by atoms with Gasteiger partial charge in [0.15, 0.2) is 0 Å². The van der Waals surface area contributed by atoms with E-state index in [0.717, 1.165) is 11.6 Å². The van der Waals surface area contributed by atoms with Crippen LogP contribution in [-0.4, -0.2) is 52.9 Å². The molecule has 0 aliphatic carbocycles. The number of benzene rings is 1. The second-order valence-electron chi connectivity index (χ2n) is 7.92. The lowest BCUT2D eigenvalue weighted by Crippen LogP contribution is -2.40. The summed E-state index contributed by atoms with van der Waals surface area (Å²) in [7, 11) is 0. The summed E-state index contributed by atoms with van der Waals surface area (Å²) in [6.07, 6.45) is -4.38. The fourth-order valence-corrected chi connectivity index (χ4v) is 3.17. The third-order valence-electron chi connectivity index (χ3n) is 4.90. The number of nitro groups is 1. The van der Waals surface area contributed by atoms with Gasteiger partial charge in [0.1, 0.15) is 5.82 Å². The van der Waals surface area contributed by atoms with Crippen LogP contribution < -0.4 is 16.0 Å². The number of aryl methyl sites for hydroxylation is 1. The van der Waals surface area contributed by atoms with Crippen molar-refractivity contribution in [1.82, 2.24) is 15.6 Å². The van der Waals surface area contributed by atoms with Crippen LogP contribution in [-0.2, 0) is 23.9 Å². The van der Waals surface area contributed by atoms with Crippen molar-refractivity contribution < 1.29 is 42.0 Å². The number of anilines is 1. The highest BCUT2D eigenvalue weighted by molar-refractivity contribution is 5.89. The lowest BCUT2D eigenvalue weighted by Gasteiger charge is -2.19. The Hall–Kier alpha value is -4.56. The number of hydrogen-bond acceptors (Lipinski definition) is 9. The van der Waals surface area contributed by atoms with Crippen LogP contribution in [0.1, 0.15) is 36.4 Å². The predicted octanol–water partition coefficient (Wildman–Crippen LogP) is 2.49. The molecule has 1 heterocycles. The molecule has 12 nitrogen and oxygen atoms in total. The molecule has 1 unspecified atom stereocenters. The molecule has 1 atom stereocenters. The first-order valence-corrected chi connectivity index (χ1v) is 11.1. The number of amides is 2. The smallest absolute Gasteiger partial charge is 0.386 e. The summed E-state index contributed by atoms with van der Waals surface area (Å²) in [5, 5.41) is 19.0. The van der Waals surface area contributed by atoms with E-state index in [9.17, 15) is 42.5 Å². The van der Waals surface area contributed by atoms with Gasteiger partial charge in [-0.3, -0.25) is 24.5 Å². The molecule has 15 heteroatoms. The van der Waals surface area contributed by atoms with Crippen LogP contribution >= 0.6 is 0 Å². The number of carbonyl (C=O) groups excluding carboxylic acids is 4. The molecule has 1 aromatic heterocycles. The number of hydrogen-bond donors (Lipinski definition) is 3. The standard InChI is InChI=1S/C23H24F3N5O7/c1-14-8-10-28-18(11-14)27-9-4-7-19(32)29-13-20(33)30-16(12-21(34)38-22(35)23(24,25)26)15-5-2-3-6-17(15)31(36)37/h2-3,5-6,8,10-11,16H,4,7,9,12-13H2,1H3,(H,27,28)(H,29,32)(H,30,33). The lowest BCUT2D eigenvalue weighted by molar-refractivity contribution is -0.385. The number of ether oxygens (including phenoxy) is 1. The van der Waals surface area contributed by atoms with Gasteiger partial charge in [0.2, 0.25) is 11.8 Å². The maximum Gasteiger partial charge on any atom is 0.491 e. The Balaban J connectivity index is 1.95. The Morgan fingerprint density at radius 3 is 2.50 bits per heavy atom. The Bertz CT molecular complexity index is 1190. The van der Waals surface area contributed by atoms with Gasteiger partial charge in [-0.25, -0.2) is 9.78 Å². The summed E-state index contributed by atoms with van der Waals surface area (Å²) in [6, 6.07) is 7.01. The zero-order valence-electron chi connectivity index (χ0n) is 20.0. The van der Waals surface area contributed by atoms with E-state index >= 15 is 0 Å². The maximum atomic E-state index is 12.4. The predicted molar refractivity (Wildman–Crippen MR) is 125 cm³/mol. The van der Waals surface area contributed by atoms with Crippen molar-refractivity contribution in [1.29, 1.82) is 0 Å². The molecular weight excluding hydrogens is 515 g/mol. The molecule has 0 spiro atoms. The number of aromatic nitrogens is 1. The van der Waals surface area contributed by atoms with Gasteiger partial charge < -0.3 is 20.7 Å². The molecule has 2 aromatic rings. The van der Waals surface area contributed by atoms with Gasteiger partial charge in [-0.1, -0.05) is 18.2 Å². The van der Waals surface area contributed by atoms with Crippen LogP contribution in [0.15, 0.2) is 42.6 Å². The first-order chi connectivity index (χ1) is 17.9. The largest absolute Gasteiger partial charge is 0.491 e. The number of nitrogens with zero attached hydrogens (tertiary/aromatic N) is 2. The molecule has 38 heavy (non-hydrogen) atoms. The van der Waals surface area contributed by atoms with Gasteiger partial charge in [0, 0.05) is 25.2 Å². The second kappa shape index (κ2) is 13.7. The average molecular weight is 539 g/mol. The van der Waals surface area contributed by atoms with Crippen LogP contribution in [0, 0.1) is 17.0 Å². The zero-order valence-corrected chi connectivity index (χ0v) is 20.0. The molecule has 0 aliphatic heterocycles. The highest BCUT2D eigenvalue weighted by Crippen LogP contribution is 2.28. The number of rotatable bonds is 12.